The fourth-order valence-corrected chi connectivity index (χ4v) is 4.50. The molecule has 0 saturated heterocycles. The molecular weight excluding hydrogens is 384 g/mol. The Morgan fingerprint density at radius 3 is 2.90 bits per heavy atom. The molecule has 0 aromatic carbocycles. The molecule has 5 rings (SSSR count). The van der Waals surface area contributed by atoms with Crippen LogP contribution in [0.25, 0.3) is 16.8 Å². The number of carbonyl (C=O) groups is 1. The molecule has 4 heterocycles. The van der Waals surface area contributed by atoms with E-state index in [4.69, 9.17) is 10.5 Å². The van der Waals surface area contributed by atoms with Crippen LogP contribution in [-0.2, 0) is 0 Å². The molecule has 1 fully saturated rings. The van der Waals surface area contributed by atoms with Crippen LogP contribution in [0.5, 0.6) is 5.88 Å². The van der Waals surface area contributed by atoms with Crippen LogP contribution in [-0.4, -0.2) is 47.0 Å². The molecule has 4 aromatic heterocycles. The summed E-state index contributed by atoms with van der Waals surface area (Å²) in [6.45, 7) is 2.75. The quantitative estimate of drug-likeness (QED) is 0.500. The maximum atomic E-state index is 11.1. The molecule has 154 valence electrons. The summed E-state index contributed by atoms with van der Waals surface area (Å²) in [5, 5.41) is 8.89. The number of rotatable bonds is 6. The monoisotopic (exact) mass is 406 g/mol. The summed E-state index contributed by atoms with van der Waals surface area (Å²) in [5.74, 6) is 1.93. The van der Waals surface area contributed by atoms with Gasteiger partial charge >= 0.3 is 0 Å². The van der Waals surface area contributed by atoms with Gasteiger partial charge in [-0.25, -0.2) is 15.0 Å². The average Bonchev–Trinajstić information content (AvgIpc) is 3.48. The number of amides is 1. The Hall–Kier alpha value is -3.56. The maximum absolute atomic E-state index is 11.1. The molecule has 1 amide bonds. The molecule has 0 radical (unpaired) electrons. The van der Waals surface area contributed by atoms with Crippen molar-refractivity contribution in [2.75, 3.05) is 6.61 Å². The minimum Gasteiger partial charge on any atom is -0.476 e. The number of nitrogens with two attached hydrogens (primary N) is 1. The van der Waals surface area contributed by atoms with Crippen LogP contribution in [0.1, 0.15) is 48.4 Å². The number of carbonyl (C=O) groups excluding carboxylic acids is 1. The SMILES string of the molecule is CCC1CC(COc2cnc(C(N)=O)cn2)CC1c1nnc2cnc3[nH]ccc3n12. The predicted octanol–water partition coefficient (Wildman–Crippen LogP) is 2.09. The molecule has 1 aliphatic rings. The number of fused-ring (bicyclic) bond motifs is 3. The molecule has 3 atom stereocenters. The van der Waals surface area contributed by atoms with E-state index in [0.717, 1.165) is 41.9 Å². The summed E-state index contributed by atoms with van der Waals surface area (Å²) in [6, 6.07) is 2.01. The highest BCUT2D eigenvalue weighted by Crippen LogP contribution is 2.44. The lowest BCUT2D eigenvalue weighted by Crippen LogP contribution is -2.14. The van der Waals surface area contributed by atoms with E-state index >= 15 is 0 Å². The molecule has 0 aliphatic heterocycles. The molecule has 1 saturated carbocycles. The van der Waals surface area contributed by atoms with Crippen LogP contribution in [0.4, 0.5) is 0 Å². The standard InChI is InChI=1S/C20H22N8O2/c1-2-12-5-11(10-30-17-9-23-14(7-24-17)18(21)29)6-13(12)20-27-26-16-8-25-19-15(28(16)20)3-4-22-19/h3-4,7-9,11-13,22H,2,5-6,10H2,1H3,(H2,21,29). The Bertz CT molecular complexity index is 1200. The normalized spacial score (nSPS) is 21.4. The summed E-state index contributed by atoms with van der Waals surface area (Å²) in [6.07, 6.45) is 9.47. The number of nitrogens with zero attached hydrogens (tertiary/aromatic N) is 6. The summed E-state index contributed by atoms with van der Waals surface area (Å²) in [4.78, 5) is 26.8. The molecule has 10 nitrogen and oxygen atoms in total. The minimum atomic E-state index is -0.606. The van der Waals surface area contributed by atoms with Crippen LogP contribution in [0.15, 0.2) is 30.9 Å². The second-order valence-corrected chi connectivity index (χ2v) is 7.75. The third kappa shape index (κ3) is 3.14. The van der Waals surface area contributed by atoms with Crippen molar-refractivity contribution in [3.05, 3.63) is 42.4 Å². The van der Waals surface area contributed by atoms with Gasteiger partial charge in [0.15, 0.2) is 11.3 Å². The second kappa shape index (κ2) is 7.36. The van der Waals surface area contributed by atoms with Gasteiger partial charge in [0.25, 0.3) is 5.91 Å². The van der Waals surface area contributed by atoms with Gasteiger partial charge in [0.1, 0.15) is 11.5 Å². The number of nitrogens with one attached hydrogen (secondary N) is 1. The largest absolute Gasteiger partial charge is 0.476 e. The number of aromatic amines is 1. The van der Waals surface area contributed by atoms with Crippen molar-refractivity contribution < 1.29 is 9.53 Å². The summed E-state index contributed by atoms with van der Waals surface area (Å²) >= 11 is 0. The van der Waals surface area contributed by atoms with Crippen molar-refractivity contribution in [2.45, 2.75) is 32.1 Å². The van der Waals surface area contributed by atoms with Gasteiger partial charge in [-0.1, -0.05) is 13.3 Å². The lowest BCUT2D eigenvalue weighted by atomic mass is 9.93. The molecule has 1 aliphatic carbocycles. The summed E-state index contributed by atoms with van der Waals surface area (Å²) < 4.78 is 7.96. The second-order valence-electron chi connectivity index (χ2n) is 7.75. The average molecular weight is 406 g/mol. The van der Waals surface area contributed by atoms with Gasteiger partial charge in [-0.3, -0.25) is 9.20 Å². The molecule has 0 spiro atoms. The first kappa shape index (κ1) is 18.5. The zero-order valence-electron chi connectivity index (χ0n) is 16.5. The van der Waals surface area contributed by atoms with Crippen molar-refractivity contribution in [3.63, 3.8) is 0 Å². The van der Waals surface area contributed by atoms with E-state index in [1.807, 2.05) is 12.3 Å². The molecule has 10 heteroatoms. The number of aromatic nitrogens is 7. The van der Waals surface area contributed by atoms with E-state index in [9.17, 15) is 4.79 Å². The molecule has 3 N–H and O–H groups in total. The van der Waals surface area contributed by atoms with Crippen molar-refractivity contribution in [1.82, 2.24) is 34.5 Å². The van der Waals surface area contributed by atoms with Gasteiger partial charge in [0, 0.05) is 12.1 Å². The number of hydrogen-bond acceptors (Lipinski definition) is 7. The molecule has 4 aromatic rings. The minimum absolute atomic E-state index is 0.124. The predicted molar refractivity (Wildman–Crippen MR) is 108 cm³/mol. The number of hydrogen-bond donors (Lipinski definition) is 2. The number of primary amides is 1. The van der Waals surface area contributed by atoms with Crippen molar-refractivity contribution in [1.29, 1.82) is 0 Å². The Labute approximate surface area is 171 Å². The van der Waals surface area contributed by atoms with E-state index in [1.165, 1.54) is 12.4 Å². The Morgan fingerprint density at radius 2 is 2.13 bits per heavy atom. The Kier molecular flexibility index (Phi) is 4.53. The van der Waals surface area contributed by atoms with Crippen LogP contribution in [0.3, 0.4) is 0 Å². The lowest BCUT2D eigenvalue weighted by molar-refractivity contribution is 0.0995. The smallest absolute Gasteiger partial charge is 0.268 e. The Balaban J connectivity index is 1.35. The highest BCUT2D eigenvalue weighted by Gasteiger charge is 2.37. The van der Waals surface area contributed by atoms with Gasteiger partial charge in [0.05, 0.1) is 30.7 Å². The highest BCUT2D eigenvalue weighted by atomic mass is 16.5. The summed E-state index contributed by atoms with van der Waals surface area (Å²) in [7, 11) is 0. The molecule has 0 bridgehead atoms. The fraction of sp³-hybridized carbons (Fsp3) is 0.400. The third-order valence-electron chi connectivity index (χ3n) is 5.96. The van der Waals surface area contributed by atoms with Crippen LogP contribution in [0, 0.1) is 11.8 Å². The van der Waals surface area contributed by atoms with E-state index in [2.05, 4.69) is 41.5 Å². The zero-order valence-corrected chi connectivity index (χ0v) is 16.5. The topological polar surface area (TPSA) is 137 Å². The lowest BCUT2D eigenvalue weighted by Gasteiger charge is -2.16. The maximum Gasteiger partial charge on any atom is 0.268 e. The van der Waals surface area contributed by atoms with E-state index in [-0.39, 0.29) is 5.69 Å². The van der Waals surface area contributed by atoms with Gasteiger partial charge in [-0.15, -0.1) is 10.2 Å². The van der Waals surface area contributed by atoms with Crippen molar-refractivity contribution in [3.8, 4) is 5.88 Å². The van der Waals surface area contributed by atoms with Gasteiger partial charge < -0.3 is 15.5 Å². The zero-order chi connectivity index (χ0) is 20.7. The number of ether oxygens (including phenoxy) is 1. The highest BCUT2D eigenvalue weighted by molar-refractivity contribution is 5.90. The van der Waals surface area contributed by atoms with Gasteiger partial charge in [0.2, 0.25) is 5.88 Å². The first-order chi connectivity index (χ1) is 14.6. The van der Waals surface area contributed by atoms with Gasteiger partial charge in [-0.2, -0.15) is 0 Å². The van der Waals surface area contributed by atoms with Crippen molar-refractivity contribution >= 4 is 22.7 Å². The van der Waals surface area contributed by atoms with Crippen LogP contribution < -0.4 is 10.5 Å². The number of H-pyrrole nitrogens is 1. The third-order valence-corrected chi connectivity index (χ3v) is 5.96. The summed E-state index contributed by atoms with van der Waals surface area (Å²) in [5.41, 5.74) is 7.90. The first-order valence-corrected chi connectivity index (χ1v) is 10.1. The molecule has 3 unspecified atom stereocenters. The van der Waals surface area contributed by atoms with Crippen molar-refractivity contribution in [2.24, 2.45) is 17.6 Å². The first-order valence-electron chi connectivity index (χ1n) is 10.1. The van der Waals surface area contributed by atoms with Gasteiger partial charge in [-0.05, 0) is 30.7 Å². The van der Waals surface area contributed by atoms with E-state index < -0.39 is 5.91 Å². The van der Waals surface area contributed by atoms with Crippen LogP contribution in [0.2, 0.25) is 0 Å². The molecular formula is C20H22N8O2. The fourth-order valence-electron chi connectivity index (χ4n) is 4.50. The molecule has 30 heavy (non-hydrogen) atoms. The van der Waals surface area contributed by atoms with Crippen LogP contribution >= 0.6 is 0 Å². The Morgan fingerprint density at radius 1 is 1.23 bits per heavy atom. The van der Waals surface area contributed by atoms with E-state index in [1.54, 1.807) is 6.20 Å². The van der Waals surface area contributed by atoms with E-state index in [0.29, 0.717) is 30.2 Å².